The molecule has 0 saturated carbocycles. The molecule has 0 aliphatic carbocycles. The number of hydrogen-bond acceptors (Lipinski definition) is 5. The van der Waals surface area contributed by atoms with Crippen molar-refractivity contribution in [2.24, 2.45) is 0 Å². The van der Waals surface area contributed by atoms with Crippen LogP contribution in [0.5, 0.6) is 5.75 Å². The number of anilines is 1. The number of rotatable bonds is 10. The lowest BCUT2D eigenvalue weighted by Crippen LogP contribution is -2.50. The van der Waals surface area contributed by atoms with Gasteiger partial charge in [0.1, 0.15) is 18.3 Å². The van der Waals surface area contributed by atoms with E-state index in [0.717, 1.165) is 26.6 Å². The fraction of sp³-hybridized carbons (Fsp3) is 0.310. The topological polar surface area (TPSA) is 96.0 Å². The molecular weight excluding hydrogens is 502 g/mol. The number of likely N-dealkylation sites (N-methyl/N-ethyl adjacent to an activating group) is 1. The smallest absolute Gasteiger partial charge is 0.264 e. The lowest BCUT2D eigenvalue weighted by molar-refractivity contribution is -0.139. The van der Waals surface area contributed by atoms with Crippen molar-refractivity contribution in [3.05, 3.63) is 89.0 Å². The highest BCUT2D eigenvalue weighted by atomic mass is 32.2. The Morgan fingerprint density at radius 3 is 2.11 bits per heavy atom. The van der Waals surface area contributed by atoms with E-state index < -0.39 is 28.5 Å². The summed E-state index contributed by atoms with van der Waals surface area (Å²) in [5.41, 5.74) is 3.96. The fourth-order valence-corrected chi connectivity index (χ4v) is 5.37. The first kappa shape index (κ1) is 28.7. The zero-order valence-electron chi connectivity index (χ0n) is 22.7. The summed E-state index contributed by atoms with van der Waals surface area (Å²) in [6, 6.07) is 18.1. The normalized spacial score (nSPS) is 11.9. The van der Waals surface area contributed by atoms with Gasteiger partial charge in [0, 0.05) is 13.6 Å². The number of aryl methyl sites for hydroxylation is 3. The molecule has 0 fully saturated rings. The maximum absolute atomic E-state index is 13.8. The van der Waals surface area contributed by atoms with Gasteiger partial charge < -0.3 is 15.0 Å². The standard InChI is InChI=1S/C29H35N3O5S/c1-20-7-15-27(16-8-20)38(35,36)32(25-12-9-21(2)22(3)17-25)19-28(33)31(23(4)29(34)30-5)18-24-10-13-26(37-6)14-11-24/h7-17,23H,18-19H2,1-6H3,(H,30,34). The summed E-state index contributed by atoms with van der Waals surface area (Å²) in [5, 5.41) is 2.58. The summed E-state index contributed by atoms with van der Waals surface area (Å²) in [5.74, 6) is -0.201. The molecule has 0 saturated heterocycles. The molecule has 8 nitrogen and oxygen atoms in total. The van der Waals surface area contributed by atoms with E-state index in [-0.39, 0.29) is 17.3 Å². The van der Waals surface area contributed by atoms with E-state index >= 15 is 0 Å². The molecule has 0 aliphatic heterocycles. The lowest BCUT2D eigenvalue weighted by atomic mass is 10.1. The number of amides is 2. The summed E-state index contributed by atoms with van der Waals surface area (Å²) >= 11 is 0. The van der Waals surface area contributed by atoms with Gasteiger partial charge in [0.25, 0.3) is 10.0 Å². The van der Waals surface area contributed by atoms with Gasteiger partial charge in [0.2, 0.25) is 11.8 Å². The Hall–Kier alpha value is -3.85. The van der Waals surface area contributed by atoms with Crippen molar-refractivity contribution in [1.82, 2.24) is 10.2 Å². The summed E-state index contributed by atoms with van der Waals surface area (Å²) < 4.78 is 34.0. The minimum atomic E-state index is -4.09. The molecule has 1 unspecified atom stereocenters. The van der Waals surface area contributed by atoms with Crippen LogP contribution in [0.4, 0.5) is 5.69 Å². The second-order valence-electron chi connectivity index (χ2n) is 9.25. The average molecular weight is 538 g/mol. The average Bonchev–Trinajstić information content (AvgIpc) is 2.91. The van der Waals surface area contributed by atoms with Crippen LogP contribution in [0.25, 0.3) is 0 Å². The molecular formula is C29H35N3O5S. The van der Waals surface area contributed by atoms with Crippen LogP contribution in [0, 0.1) is 20.8 Å². The molecule has 1 atom stereocenters. The number of nitrogens with zero attached hydrogens (tertiary/aromatic N) is 2. The van der Waals surface area contributed by atoms with Gasteiger partial charge in [-0.3, -0.25) is 13.9 Å². The molecule has 0 aromatic heterocycles. The highest BCUT2D eigenvalue weighted by Crippen LogP contribution is 2.27. The van der Waals surface area contributed by atoms with Crippen molar-refractivity contribution in [1.29, 1.82) is 0 Å². The highest BCUT2D eigenvalue weighted by Gasteiger charge is 2.32. The Labute approximate surface area is 225 Å². The van der Waals surface area contributed by atoms with E-state index in [9.17, 15) is 18.0 Å². The Balaban J connectivity index is 2.04. The summed E-state index contributed by atoms with van der Waals surface area (Å²) in [6.45, 7) is 6.96. The Kier molecular flexibility index (Phi) is 9.17. The van der Waals surface area contributed by atoms with Crippen LogP contribution in [0.2, 0.25) is 0 Å². The predicted octanol–water partition coefficient (Wildman–Crippen LogP) is 3.98. The molecule has 202 valence electrons. The van der Waals surface area contributed by atoms with E-state index in [2.05, 4.69) is 5.32 Å². The first-order valence-corrected chi connectivity index (χ1v) is 13.7. The molecule has 9 heteroatoms. The van der Waals surface area contributed by atoms with Crippen molar-refractivity contribution in [2.75, 3.05) is 25.0 Å². The first-order chi connectivity index (χ1) is 18.0. The monoisotopic (exact) mass is 537 g/mol. The molecule has 3 aromatic carbocycles. The van der Waals surface area contributed by atoms with Crippen LogP contribution >= 0.6 is 0 Å². The van der Waals surface area contributed by atoms with Crippen LogP contribution in [0.3, 0.4) is 0 Å². The highest BCUT2D eigenvalue weighted by molar-refractivity contribution is 7.92. The van der Waals surface area contributed by atoms with Crippen molar-refractivity contribution < 1.29 is 22.7 Å². The maximum Gasteiger partial charge on any atom is 0.264 e. The van der Waals surface area contributed by atoms with Gasteiger partial charge in [-0.05, 0) is 80.8 Å². The molecule has 38 heavy (non-hydrogen) atoms. The quantitative estimate of drug-likeness (QED) is 0.422. The fourth-order valence-electron chi connectivity index (χ4n) is 3.97. The number of carbonyl (C=O) groups excluding carboxylic acids is 2. The summed E-state index contributed by atoms with van der Waals surface area (Å²) in [6.07, 6.45) is 0. The zero-order chi connectivity index (χ0) is 28.0. The predicted molar refractivity (Wildman–Crippen MR) is 149 cm³/mol. The number of hydrogen-bond donors (Lipinski definition) is 1. The Bertz CT molecular complexity index is 1390. The zero-order valence-corrected chi connectivity index (χ0v) is 23.5. The number of carbonyl (C=O) groups is 2. The maximum atomic E-state index is 13.8. The number of sulfonamides is 1. The van der Waals surface area contributed by atoms with Crippen molar-refractivity contribution in [3.63, 3.8) is 0 Å². The first-order valence-electron chi connectivity index (χ1n) is 12.3. The third-order valence-electron chi connectivity index (χ3n) is 6.59. The second-order valence-corrected chi connectivity index (χ2v) is 11.1. The molecule has 0 radical (unpaired) electrons. The molecule has 0 aliphatic rings. The summed E-state index contributed by atoms with van der Waals surface area (Å²) in [7, 11) is -1.03. The van der Waals surface area contributed by atoms with E-state index in [1.807, 2.05) is 26.8 Å². The van der Waals surface area contributed by atoms with Gasteiger partial charge in [0.15, 0.2) is 0 Å². The molecule has 0 spiro atoms. The van der Waals surface area contributed by atoms with E-state index in [4.69, 9.17) is 4.74 Å². The Morgan fingerprint density at radius 2 is 1.55 bits per heavy atom. The third-order valence-corrected chi connectivity index (χ3v) is 8.38. The van der Waals surface area contributed by atoms with E-state index in [1.54, 1.807) is 62.6 Å². The molecule has 3 aromatic rings. The summed E-state index contributed by atoms with van der Waals surface area (Å²) in [4.78, 5) is 27.9. The van der Waals surface area contributed by atoms with E-state index in [0.29, 0.717) is 11.4 Å². The van der Waals surface area contributed by atoms with Crippen LogP contribution in [0.1, 0.15) is 29.2 Å². The minimum Gasteiger partial charge on any atom is -0.497 e. The van der Waals surface area contributed by atoms with Crippen LogP contribution in [-0.4, -0.2) is 51.9 Å². The number of benzene rings is 3. The van der Waals surface area contributed by atoms with Crippen molar-refractivity contribution >= 4 is 27.5 Å². The van der Waals surface area contributed by atoms with Gasteiger partial charge >= 0.3 is 0 Å². The van der Waals surface area contributed by atoms with Crippen molar-refractivity contribution in [3.8, 4) is 5.75 Å². The molecule has 2 amide bonds. The lowest BCUT2D eigenvalue weighted by Gasteiger charge is -2.32. The molecule has 1 N–H and O–H groups in total. The number of nitrogens with one attached hydrogen (secondary N) is 1. The largest absolute Gasteiger partial charge is 0.497 e. The van der Waals surface area contributed by atoms with Crippen molar-refractivity contribution in [2.45, 2.75) is 45.2 Å². The van der Waals surface area contributed by atoms with E-state index in [1.165, 1.54) is 24.1 Å². The Morgan fingerprint density at radius 1 is 0.921 bits per heavy atom. The molecule has 3 rings (SSSR count). The SMILES string of the molecule is CNC(=O)C(C)N(Cc1ccc(OC)cc1)C(=O)CN(c1ccc(C)c(C)c1)S(=O)(=O)c1ccc(C)cc1. The van der Waals surface area contributed by atoms with Crippen LogP contribution < -0.4 is 14.4 Å². The van der Waals surface area contributed by atoms with Gasteiger partial charge in [-0.2, -0.15) is 0 Å². The van der Waals surface area contributed by atoms with Crippen LogP contribution in [0.15, 0.2) is 71.6 Å². The van der Waals surface area contributed by atoms with Gasteiger partial charge in [-0.25, -0.2) is 8.42 Å². The van der Waals surface area contributed by atoms with Gasteiger partial charge in [-0.1, -0.05) is 35.9 Å². The number of methoxy groups -OCH3 is 1. The molecule has 0 bridgehead atoms. The third kappa shape index (κ3) is 6.52. The second kappa shape index (κ2) is 12.1. The number of ether oxygens (including phenoxy) is 1. The van der Waals surface area contributed by atoms with Crippen LogP contribution in [-0.2, 0) is 26.2 Å². The molecule has 0 heterocycles. The van der Waals surface area contributed by atoms with Gasteiger partial charge in [-0.15, -0.1) is 0 Å². The van der Waals surface area contributed by atoms with Gasteiger partial charge in [0.05, 0.1) is 17.7 Å². The minimum absolute atomic E-state index is 0.0789.